The Balaban J connectivity index is 1.56. The van der Waals surface area contributed by atoms with Gasteiger partial charge >= 0.3 is 5.63 Å². The van der Waals surface area contributed by atoms with E-state index in [0.717, 1.165) is 0 Å². The van der Waals surface area contributed by atoms with E-state index in [2.05, 4.69) is 10.5 Å². The number of carbonyl (C=O) groups is 1. The fourth-order valence-corrected chi connectivity index (χ4v) is 2.99. The second-order valence-corrected chi connectivity index (χ2v) is 6.60. The van der Waals surface area contributed by atoms with E-state index in [9.17, 15) is 19.7 Å². The summed E-state index contributed by atoms with van der Waals surface area (Å²) in [6.45, 7) is 1.41. The molecule has 0 spiro atoms. The topological polar surface area (TPSA) is 138 Å². The summed E-state index contributed by atoms with van der Waals surface area (Å²) in [5.41, 5.74) is 0.806. The number of amides is 1. The van der Waals surface area contributed by atoms with Crippen LogP contribution in [0.25, 0.3) is 22.1 Å². The van der Waals surface area contributed by atoms with Gasteiger partial charge in [-0.1, -0.05) is 5.16 Å². The van der Waals surface area contributed by atoms with Crippen molar-refractivity contribution in [1.82, 2.24) is 5.16 Å². The molecule has 0 radical (unpaired) electrons. The molecule has 0 aliphatic carbocycles. The average Bonchev–Trinajstić information content (AvgIpc) is 3.15. The van der Waals surface area contributed by atoms with Crippen molar-refractivity contribution < 1.29 is 23.4 Å². The summed E-state index contributed by atoms with van der Waals surface area (Å²) in [5, 5.41) is 17.7. The van der Waals surface area contributed by atoms with Gasteiger partial charge in [-0.25, -0.2) is 4.79 Å². The van der Waals surface area contributed by atoms with E-state index in [1.54, 1.807) is 37.3 Å². The zero-order valence-electron chi connectivity index (χ0n) is 16.2. The van der Waals surface area contributed by atoms with Gasteiger partial charge in [0.15, 0.2) is 12.4 Å². The summed E-state index contributed by atoms with van der Waals surface area (Å²) in [7, 11) is 0. The molecule has 0 unspecified atom stereocenters. The Morgan fingerprint density at radius 3 is 2.61 bits per heavy atom. The summed E-state index contributed by atoms with van der Waals surface area (Å²) in [4.78, 5) is 34.4. The maximum atomic E-state index is 12.0. The van der Waals surface area contributed by atoms with Gasteiger partial charge < -0.3 is 19.0 Å². The van der Waals surface area contributed by atoms with Crippen LogP contribution in [-0.2, 0) is 4.79 Å². The van der Waals surface area contributed by atoms with Crippen LogP contribution in [0.15, 0.2) is 68.3 Å². The van der Waals surface area contributed by atoms with Gasteiger partial charge in [-0.15, -0.1) is 0 Å². The van der Waals surface area contributed by atoms with E-state index in [-0.39, 0.29) is 23.7 Å². The molecule has 1 N–H and O–H groups in total. The number of hydrogen-bond donors (Lipinski definition) is 1. The number of hydrogen-bond acceptors (Lipinski definition) is 8. The Kier molecular flexibility index (Phi) is 5.19. The van der Waals surface area contributed by atoms with E-state index in [1.165, 1.54) is 24.3 Å². The quantitative estimate of drug-likeness (QED) is 0.283. The Morgan fingerprint density at radius 1 is 1.16 bits per heavy atom. The zero-order chi connectivity index (χ0) is 22.0. The molecule has 31 heavy (non-hydrogen) atoms. The van der Waals surface area contributed by atoms with E-state index in [4.69, 9.17) is 13.7 Å². The van der Waals surface area contributed by atoms with Crippen molar-refractivity contribution in [3.63, 3.8) is 0 Å². The van der Waals surface area contributed by atoms with Crippen molar-refractivity contribution in [2.24, 2.45) is 0 Å². The van der Waals surface area contributed by atoms with Crippen LogP contribution >= 0.6 is 0 Å². The van der Waals surface area contributed by atoms with Gasteiger partial charge in [0, 0.05) is 35.7 Å². The Morgan fingerprint density at radius 2 is 1.94 bits per heavy atom. The minimum absolute atomic E-state index is 0.0502. The molecule has 2 aromatic carbocycles. The molecule has 156 valence electrons. The minimum atomic E-state index is -0.586. The number of nitrogens with zero attached hydrogens (tertiary/aromatic N) is 2. The van der Waals surface area contributed by atoms with Gasteiger partial charge in [0.25, 0.3) is 11.6 Å². The van der Waals surface area contributed by atoms with Crippen molar-refractivity contribution in [2.45, 2.75) is 6.92 Å². The Hall–Kier alpha value is -4.47. The molecule has 0 atom stereocenters. The third kappa shape index (κ3) is 4.42. The first-order chi connectivity index (χ1) is 14.9. The number of rotatable bonds is 6. The molecule has 0 bridgehead atoms. The predicted molar refractivity (Wildman–Crippen MR) is 110 cm³/mol. The SMILES string of the molecule is Cc1cc(NC(=O)COc2ccc3c(-c4ccc([N+](=O)[O-])cc4)cc(=O)oc3c2)no1. The van der Waals surface area contributed by atoms with Gasteiger partial charge in [-0.2, -0.15) is 0 Å². The van der Waals surface area contributed by atoms with Gasteiger partial charge in [-0.3, -0.25) is 14.9 Å². The molecule has 10 heteroatoms. The standard InChI is InChI=1S/C21H15N3O7/c1-12-8-19(23-31-12)22-20(25)11-29-15-6-7-16-17(10-21(26)30-18(16)9-15)13-2-4-14(5-3-13)24(27)28/h2-10H,11H2,1H3,(H,22,23,25). The van der Waals surface area contributed by atoms with Crippen LogP contribution < -0.4 is 15.7 Å². The lowest BCUT2D eigenvalue weighted by Crippen LogP contribution is -2.20. The highest BCUT2D eigenvalue weighted by Crippen LogP contribution is 2.30. The number of anilines is 1. The van der Waals surface area contributed by atoms with Crippen molar-refractivity contribution in [3.8, 4) is 16.9 Å². The van der Waals surface area contributed by atoms with Crippen LogP contribution in [0.5, 0.6) is 5.75 Å². The summed E-state index contributed by atoms with van der Waals surface area (Å²) < 4.78 is 15.6. The third-order valence-corrected chi connectivity index (χ3v) is 4.37. The average molecular weight is 421 g/mol. The number of nitro benzene ring substituents is 1. The zero-order valence-corrected chi connectivity index (χ0v) is 16.2. The van der Waals surface area contributed by atoms with E-state index >= 15 is 0 Å². The summed E-state index contributed by atoms with van der Waals surface area (Å²) in [6, 6.07) is 13.6. The van der Waals surface area contributed by atoms with Crippen LogP contribution in [0.1, 0.15) is 5.76 Å². The summed E-state index contributed by atoms with van der Waals surface area (Å²) in [6.07, 6.45) is 0. The highest BCUT2D eigenvalue weighted by molar-refractivity contribution is 5.94. The van der Waals surface area contributed by atoms with E-state index in [1.807, 2.05) is 0 Å². The maximum absolute atomic E-state index is 12.0. The molecular formula is C21H15N3O7. The van der Waals surface area contributed by atoms with E-state index < -0.39 is 16.5 Å². The largest absolute Gasteiger partial charge is 0.484 e. The number of nitrogens with one attached hydrogen (secondary N) is 1. The first-order valence-electron chi connectivity index (χ1n) is 9.08. The highest BCUT2D eigenvalue weighted by Gasteiger charge is 2.12. The van der Waals surface area contributed by atoms with Gasteiger partial charge in [0.1, 0.15) is 17.1 Å². The monoisotopic (exact) mass is 421 g/mol. The van der Waals surface area contributed by atoms with Crippen molar-refractivity contribution in [3.05, 3.63) is 80.9 Å². The van der Waals surface area contributed by atoms with Crippen molar-refractivity contribution >= 4 is 28.4 Å². The molecule has 0 saturated heterocycles. The molecule has 2 heterocycles. The van der Waals surface area contributed by atoms with Crippen LogP contribution in [0.4, 0.5) is 11.5 Å². The van der Waals surface area contributed by atoms with Crippen molar-refractivity contribution in [1.29, 1.82) is 0 Å². The molecule has 2 aromatic heterocycles. The highest BCUT2D eigenvalue weighted by atomic mass is 16.6. The molecule has 10 nitrogen and oxygen atoms in total. The number of ether oxygens (including phenoxy) is 1. The van der Waals surface area contributed by atoms with Crippen molar-refractivity contribution in [2.75, 3.05) is 11.9 Å². The normalized spacial score (nSPS) is 10.7. The van der Waals surface area contributed by atoms with Gasteiger partial charge in [-0.05, 0) is 42.3 Å². The van der Waals surface area contributed by atoms with Gasteiger partial charge in [0.2, 0.25) is 0 Å². The molecule has 0 aliphatic rings. The maximum Gasteiger partial charge on any atom is 0.336 e. The molecule has 0 fully saturated rings. The first-order valence-corrected chi connectivity index (χ1v) is 9.08. The Bertz CT molecular complexity index is 1340. The number of non-ortho nitro benzene ring substituents is 1. The number of aryl methyl sites for hydroxylation is 1. The molecule has 0 aliphatic heterocycles. The van der Waals surface area contributed by atoms with Gasteiger partial charge in [0.05, 0.1) is 4.92 Å². The second kappa shape index (κ2) is 8.11. The second-order valence-electron chi connectivity index (χ2n) is 6.60. The van der Waals surface area contributed by atoms with Crippen LogP contribution in [-0.4, -0.2) is 22.6 Å². The molecule has 4 aromatic rings. The first kappa shape index (κ1) is 19.8. The fourth-order valence-electron chi connectivity index (χ4n) is 2.99. The van der Waals surface area contributed by atoms with Crippen LogP contribution in [0.2, 0.25) is 0 Å². The number of fused-ring (bicyclic) bond motifs is 1. The molecule has 1 amide bonds. The van der Waals surface area contributed by atoms with Crippen LogP contribution in [0, 0.1) is 17.0 Å². The smallest absolute Gasteiger partial charge is 0.336 e. The number of nitro groups is 1. The van der Waals surface area contributed by atoms with E-state index in [0.29, 0.717) is 28.0 Å². The fraction of sp³-hybridized carbons (Fsp3) is 0.0952. The predicted octanol–water partition coefficient (Wildman–Crippen LogP) is 3.68. The molecule has 4 rings (SSSR count). The summed E-state index contributed by atoms with van der Waals surface area (Å²) in [5.74, 6) is 0.727. The Labute approximate surface area is 174 Å². The lowest BCUT2D eigenvalue weighted by molar-refractivity contribution is -0.384. The number of aromatic nitrogens is 1. The third-order valence-electron chi connectivity index (χ3n) is 4.37. The lowest BCUT2D eigenvalue weighted by atomic mass is 10.0. The van der Waals surface area contributed by atoms with Crippen LogP contribution in [0.3, 0.4) is 0 Å². The number of carbonyl (C=O) groups excluding carboxylic acids is 1. The minimum Gasteiger partial charge on any atom is -0.484 e. The number of benzene rings is 2. The summed E-state index contributed by atoms with van der Waals surface area (Å²) >= 11 is 0. The molecule has 0 saturated carbocycles. The lowest BCUT2D eigenvalue weighted by Gasteiger charge is -2.09. The molecular weight excluding hydrogens is 406 g/mol.